The van der Waals surface area contributed by atoms with Crippen LogP contribution in [0.15, 0.2) is 70.7 Å². The number of nitrogens with zero attached hydrogens (tertiary/aromatic N) is 1. The molecule has 0 atom stereocenters. The minimum absolute atomic E-state index is 0.214. The first-order chi connectivity index (χ1) is 16.2. The van der Waals surface area contributed by atoms with Crippen molar-refractivity contribution in [3.63, 3.8) is 0 Å². The molecule has 1 heterocycles. The molecule has 0 saturated carbocycles. The van der Waals surface area contributed by atoms with Gasteiger partial charge in [0.05, 0.1) is 5.69 Å². The van der Waals surface area contributed by atoms with E-state index in [4.69, 9.17) is 27.9 Å². The lowest BCUT2D eigenvalue weighted by molar-refractivity contribution is -0.122. The number of ether oxygens (including phenoxy) is 1. The second-order valence-electron chi connectivity index (χ2n) is 7.44. The van der Waals surface area contributed by atoms with Crippen LogP contribution in [0.25, 0.3) is 6.08 Å². The number of nitrogens with one attached hydrogen (secondary N) is 1. The molecule has 0 aromatic heterocycles. The lowest BCUT2D eigenvalue weighted by Gasteiger charge is -2.27. The molecule has 0 bridgehead atoms. The third kappa shape index (κ3) is 5.01. The van der Waals surface area contributed by atoms with Crippen molar-refractivity contribution in [2.75, 3.05) is 4.90 Å². The minimum Gasteiger partial charge on any atom is -0.488 e. The van der Waals surface area contributed by atoms with Crippen molar-refractivity contribution in [2.45, 2.75) is 13.5 Å². The van der Waals surface area contributed by atoms with Gasteiger partial charge in [-0.3, -0.25) is 14.9 Å². The Kier molecular flexibility index (Phi) is 7.07. The molecule has 6 nitrogen and oxygen atoms in total. The number of amides is 4. The van der Waals surface area contributed by atoms with Crippen molar-refractivity contribution in [3.05, 3.63) is 97.4 Å². The van der Waals surface area contributed by atoms with E-state index in [-0.39, 0.29) is 12.2 Å². The maximum atomic E-state index is 13.3. The molecule has 0 unspecified atom stereocenters. The summed E-state index contributed by atoms with van der Waals surface area (Å²) in [5.41, 5.74) is 2.00. The SMILES string of the molecule is Cc1c(Cl)cccc1N1C(=O)NC(=O)/C(=C\c2cc(Br)ccc2OCc2ccc(Cl)cc2)C1=O. The van der Waals surface area contributed by atoms with E-state index >= 15 is 0 Å². The molecule has 1 aliphatic rings. The predicted octanol–water partition coefficient (Wildman–Crippen LogP) is 6.31. The summed E-state index contributed by atoms with van der Waals surface area (Å²) in [5.74, 6) is -1.11. The number of rotatable bonds is 5. The quantitative estimate of drug-likeness (QED) is 0.293. The molecule has 34 heavy (non-hydrogen) atoms. The van der Waals surface area contributed by atoms with Crippen molar-refractivity contribution in [1.29, 1.82) is 0 Å². The Hall–Kier alpha value is -3.13. The molecule has 0 aliphatic carbocycles. The van der Waals surface area contributed by atoms with E-state index in [1.165, 1.54) is 6.08 Å². The number of carbonyl (C=O) groups is 3. The van der Waals surface area contributed by atoms with Crippen LogP contribution >= 0.6 is 39.1 Å². The van der Waals surface area contributed by atoms with Gasteiger partial charge >= 0.3 is 6.03 Å². The number of hydrogen-bond acceptors (Lipinski definition) is 4. The van der Waals surface area contributed by atoms with Gasteiger partial charge in [0.1, 0.15) is 17.9 Å². The van der Waals surface area contributed by atoms with Gasteiger partial charge in [-0.1, -0.05) is 57.3 Å². The molecule has 0 radical (unpaired) electrons. The van der Waals surface area contributed by atoms with Gasteiger partial charge in [-0.25, -0.2) is 9.69 Å². The van der Waals surface area contributed by atoms with Crippen molar-refractivity contribution in [3.8, 4) is 5.75 Å². The lowest BCUT2D eigenvalue weighted by Crippen LogP contribution is -2.54. The maximum absolute atomic E-state index is 13.3. The zero-order valence-corrected chi connectivity index (χ0v) is 20.9. The number of urea groups is 1. The lowest BCUT2D eigenvalue weighted by atomic mass is 10.0. The van der Waals surface area contributed by atoms with Crippen LogP contribution in [0.4, 0.5) is 10.5 Å². The van der Waals surface area contributed by atoms with Crippen LogP contribution in [0.2, 0.25) is 10.0 Å². The van der Waals surface area contributed by atoms with Crippen molar-refractivity contribution >= 4 is 68.7 Å². The van der Waals surface area contributed by atoms with Crippen LogP contribution in [-0.4, -0.2) is 17.8 Å². The van der Waals surface area contributed by atoms with E-state index in [2.05, 4.69) is 21.2 Å². The van der Waals surface area contributed by atoms with Gasteiger partial charge < -0.3 is 4.74 Å². The summed E-state index contributed by atoms with van der Waals surface area (Å²) < 4.78 is 6.67. The van der Waals surface area contributed by atoms with Gasteiger partial charge in [-0.15, -0.1) is 0 Å². The molecule has 1 aliphatic heterocycles. The molecule has 4 rings (SSSR count). The zero-order valence-electron chi connectivity index (χ0n) is 17.8. The average Bonchev–Trinajstić information content (AvgIpc) is 2.80. The van der Waals surface area contributed by atoms with Crippen LogP contribution in [0.5, 0.6) is 5.75 Å². The fourth-order valence-electron chi connectivity index (χ4n) is 3.38. The second kappa shape index (κ2) is 10.0. The first kappa shape index (κ1) is 24.0. The number of halogens is 3. The molecule has 1 saturated heterocycles. The molecule has 3 aromatic carbocycles. The highest BCUT2D eigenvalue weighted by Gasteiger charge is 2.37. The molecule has 9 heteroatoms. The van der Waals surface area contributed by atoms with Crippen LogP contribution in [0, 0.1) is 6.92 Å². The highest BCUT2D eigenvalue weighted by Crippen LogP contribution is 2.31. The number of carbonyl (C=O) groups excluding carboxylic acids is 3. The van der Waals surface area contributed by atoms with E-state index in [1.807, 2.05) is 12.1 Å². The number of barbiturate groups is 1. The molecular formula is C25H17BrCl2N2O4. The predicted molar refractivity (Wildman–Crippen MR) is 135 cm³/mol. The topological polar surface area (TPSA) is 75.7 Å². The van der Waals surface area contributed by atoms with E-state index in [0.717, 1.165) is 14.9 Å². The van der Waals surface area contributed by atoms with Gasteiger partial charge in [-0.2, -0.15) is 0 Å². The van der Waals surface area contributed by atoms with Gasteiger partial charge in [0.25, 0.3) is 11.8 Å². The summed E-state index contributed by atoms with van der Waals surface area (Å²) in [6.45, 7) is 1.94. The number of hydrogen-bond donors (Lipinski definition) is 1. The first-order valence-electron chi connectivity index (χ1n) is 10.1. The Morgan fingerprint density at radius 2 is 1.76 bits per heavy atom. The Balaban J connectivity index is 1.69. The zero-order chi connectivity index (χ0) is 24.4. The Morgan fingerprint density at radius 3 is 2.50 bits per heavy atom. The summed E-state index contributed by atoms with van der Waals surface area (Å²) in [6, 6.07) is 16.5. The Morgan fingerprint density at radius 1 is 1.03 bits per heavy atom. The van der Waals surface area contributed by atoms with Crippen molar-refractivity contribution in [1.82, 2.24) is 5.32 Å². The molecule has 4 amide bonds. The fourth-order valence-corrected chi connectivity index (χ4v) is 4.05. The second-order valence-corrected chi connectivity index (χ2v) is 9.20. The largest absolute Gasteiger partial charge is 0.488 e. The third-order valence-corrected chi connectivity index (χ3v) is 6.32. The number of benzene rings is 3. The highest BCUT2D eigenvalue weighted by atomic mass is 79.9. The summed E-state index contributed by atoms with van der Waals surface area (Å²) in [4.78, 5) is 39.4. The van der Waals surface area contributed by atoms with E-state index in [9.17, 15) is 14.4 Å². The van der Waals surface area contributed by atoms with Gasteiger partial charge in [-0.05, 0) is 66.6 Å². The molecule has 1 N–H and O–H groups in total. The third-order valence-electron chi connectivity index (χ3n) is 5.16. The van der Waals surface area contributed by atoms with Gasteiger partial charge in [0, 0.05) is 20.1 Å². The molecule has 3 aromatic rings. The van der Waals surface area contributed by atoms with Crippen molar-refractivity contribution in [2.24, 2.45) is 0 Å². The molecule has 0 spiro atoms. The highest BCUT2D eigenvalue weighted by molar-refractivity contribution is 9.10. The van der Waals surface area contributed by atoms with Gasteiger partial charge in [0.15, 0.2) is 0 Å². The van der Waals surface area contributed by atoms with Crippen LogP contribution in [0.3, 0.4) is 0 Å². The summed E-state index contributed by atoms with van der Waals surface area (Å²) >= 11 is 15.5. The summed E-state index contributed by atoms with van der Waals surface area (Å²) in [7, 11) is 0. The van der Waals surface area contributed by atoms with Crippen LogP contribution in [-0.2, 0) is 16.2 Å². The Labute approximate surface area is 214 Å². The van der Waals surface area contributed by atoms with Crippen LogP contribution < -0.4 is 15.0 Å². The average molecular weight is 560 g/mol. The Bertz CT molecular complexity index is 1340. The van der Waals surface area contributed by atoms with E-state index in [0.29, 0.717) is 32.6 Å². The van der Waals surface area contributed by atoms with E-state index < -0.39 is 17.8 Å². The van der Waals surface area contributed by atoms with Crippen molar-refractivity contribution < 1.29 is 19.1 Å². The summed E-state index contributed by atoms with van der Waals surface area (Å²) in [5, 5.41) is 3.24. The number of anilines is 1. The summed E-state index contributed by atoms with van der Waals surface area (Å²) in [6.07, 6.45) is 1.40. The van der Waals surface area contributed by atoms with E-state index in [1.54, 1.807) is 55.5 Å². The first-order valence-corrected chi connectivity index (χ1v) is 11.6. The smallest absolute Gasteiger partial charge is 0.335 e. The fraction of sp³-hybridized carbons (Fsp3) is 0.0800. The standard InChI is InChI=1S/C25H17BrCl2N2O4/c1-14-20(28)3-2-4-21(14)30-24(32)19(23(31)29-25(30)33)12-16-11-17(26)7-10-22(16)34-13-15-5-8-18(27)9-6-15/h2-12H,13H2,1H3,(H,29,31,33)/b19-12+. The minimum atomic E-state index is -0.842. The monoisotopic (exact) mass is 558 g/mol. The molecule has 172 valence electrons. The van der Waals surface area contributed by atoms with Crippen LogP contribution in [0.1, 0.15) is 16.7 Å². The number of imide groups is 2. The molecule has 1 fully saturated rings. The maximum Gasteiger partial charge on any atom is 0.335 e. The molecular weight excluding hydrogens is 543 g/mol. The van der Waals surface area contributed by atoms with Gasteiger partial charge in [0.2, 0.25) is 0 Å². The normalized spacial score (nSPS) is 15.0.